The van der Waals surface area contributed by atoms with Gasteiger partial charge in [-0.2, -0.15) is 0 Å². The third kappa shape index (κ3) is 2.45. The lowest BCUT2D eigenvalue weighted by Gasteiger charge is -2.11. The van der Waals surface area contributed by atoms with Gasteiger partial charge in [0.05, 0.1) is 35.6 Å². The van der Waals surface area contributed by atoms with Crippen molar-refractivity contribution < 1.29 is 9.47 Å². The first-order valence-corrected chi connectivity index (χ1v) is 10.4. The molecule has 0 unspecified atom stereocenters. The molecule has 154 valence electrons. The van der Waals surface area contributed by atoms with Crippen molar-refractivity contribution in [1.82, 2.24) is 24.5 Å². The summed E-state index contributed by atoms with van der Waals surface area (Å²) in [5, 5.41) is 9.11. The largest absolute Gasteiger partial charge is 0.454 e. The molecule has 5 aromatic rings. The van der Waals surface area contributed by atoms with Crippen molar-refractivity contribution in [3.05, 3.63) is 84.8 Å². The van der Waals surface area contributed by atoms with E-state index in [4.69, 9.17) is 14.5 Å². The average Bonchev–Trinajstić information content (AvgIpc) is 3.56. The van der Waals surface area contributed by atoms with Gasteiger partial charge in [0.2, 0.25) is 6.79 Å². The van der Waals surface area contributed by atoms with E-state index in [1.807, 2.05) is 59.5 Å². The predicted octanol–water partition coefficient (Wildman–Crippen LogP) is 4.56. The molecule has 3 aromatic carbocycles. The first-order chi connectivity index (χ1) is 15.9. The Morgan fingerprint density at radius 2 is 1.47 bits per heavy atom. The minimum atomic E-state index is 0.211. The lowest BCUT2D eigenvalue weighted by molar-refractivity contribution is 0.174. The van der Waals surface area contributed by atoms with Crippen molar-refractivity contribution in [3.8, 4) is 51.0 Å². The molecule has 0 atom stereocenters. The predicted molar refractivity (Wildman–Crippen MR) is 119 cm³/mol. The molecule has 0 radical (unpaired) electrons. The Labute approximate surface area is 183 Å². The van der Waals surface area contributed by atoms with Gasteiger partial charge in [-0.3, -0.25) is 0 Å². The van der Waals surface area contributed by atoms with E-state index in [0.29, 0.717) is 12.3 Å². The van der Waals surface area contributed by atoms with E-state index < -0.39 is 0 Å². The molecule has 2 aromatic heterocycles. The number of ether oxygens (including phenoxy) is 2. The van der Waals surface area contributed by atoms with E-state index in [-0.39, 0.29) is 6.79 Å². The molecular formula is C25H17N5O2. The summed E-state index contributed by atoms with van der Waals surface area (Å²) in [6, 6.07) is 24.4. The van der Waals surface area contributed by atoms with Crippen LogP contribution >= 0.6 is 0 Å². The zero-order valence-electron chi connectivity index (χ0n) is 17.0. The summed E-state index contributed by atoms with van der Waals surface area (Å²) in [6.07, 6.45) is 1.89. The average molecular weight is 419 g/mol. The highest BCUT2D eigenvalue weighted by Crippen LogP contribution is 2.45. The summed E-state index contributed by atoms with van der Waals surface area (Å²) in [6.45, 7) is 0.802. The molecule has 0 spiro atoms. The molecule has 7 heteroatoms. The molecule has 2 aliphatic heterocycles. The van der Waals surface area contributed by atoms with E-state index in [1.54, 1.807) is 0 Å². The Hall–Kier alpha value is -4.39. The van der Waals surface area contributed by atoms with Crippen molar-refractivity contribution in [3.63, 3.8) is 0 Å². The van der Waals surface area contributed by atoms with Gasteiger partial charge in [0, 0.05) is 22.8 Å². The van der Waals surface area contributed by atoms with Crippen LogP contribution in [0.2, 0.25) is 0 Å². The second-order valence-corrected chi connectivity index (χ2v) is 7.82. The molecule has 2 aliphatic rings. The Morgan fingerprint density at radius 1 is 0.781 bits per heavy atom. The topological polar surface area (TPSA) is 67.0 Å². The molecule has 7 nitrogen and oxygen atoms in total. The summed E-state index contributed by atoms with van der Waals surface area (Å²) in [4.78, 5) is 4.80. The van der Waals surface area contributed by atoms with E-state index in [1.165, 1.54) is 0 Å². The maximum absolute atomic E-state index is 5.71. The maximum Gasteiger partial charge on any atom is 0.231 e. The summed E-state index contributed by atoms with van der Waals surface area (Å²) in [7, 11) is 0. The summed E-state index contributed by atoms with van der Waals surface area (Å²) < 4.78 is 15.5. The molecule has 4 heterocycles. The second kappa shape index (κ2) is 6.55. The zero-order valence-corrected chi connectivity index (χ0v) is 17.0. The van der Waals surface area contributed by atoms with Crippen molar-refractivity contribution in [1.29, 1.82) is 0 Å². The van der Waals surface area contributed by atoms with E-state index in [9.17, 15) is 0 Å². The first kappa shape index (κ1) is 17.3. The van der Waals surface area contributed by atoms with Gasteiger partial charge >= 0.3 is 0 Å². The van der Waals surface area contributed by atoms with Gasteiger partial charge in [0.1, 0.15) is 5.69 Å². The number of fused-ring (bicyclic) bond motifs is 6. The van der Waals surface area contributed by atoms with Crippen LogP contribution in [0.3, 0.4) is 0 Å². The van der Waals surface area contributed by atoms with Gasteiger partial charge in [0.15, 0.2) is 11.5 Å². The monoisotopic (exact) mass is 419 g/mol. The van der Waals surface area contributed by atoms with Crippen LogP contribution in [0.4, 0.5) is 0 Å². The van der Waals surface area contributed by atoms with Crippen LogP contribution in [0.5, 0.6) is 11.5 Å². The number of rotatable bonds is 2. The summed E-state index contributed by atoms with van der Waals surface area (Å²) >= 11 is 0. The molecule has 0 amide bonds. The Balaban J connectivity index is 1.53. The van der Waals surface area contributed by atoms with Crippen LogP contribution in [0.15, 0.2) is 79.1 Å². The van der Waals surface area contributed by atoms with Gasteiger partial charge in [0.25, 0.3) is 0 Å². The Kier molecular flexibility index (Phi) is 3.54. The fraction of sp³-hybridized carbons (Fsp3) is 0.0800. The standard InChI is InChI=1S/C25H17N5O2/c1-3-7-16(8-4-1)23-20-13-29-14-26-24(17-9-5-2-6-10-17)25(29)18-11-21-22(32-15-31-21)12-19(18)30(20)28-27-23/h1-12,14H,13,15H2. The molecular weight excluding hydrogens is 402 g/mol. The quantitative estimate of drug-likeness (QED) is 0.412. The van der Waals surface area contributed by atoms with Crippen molar-refractivity contribution in [2.24, 2.45) is 0 Å². The summed E-state index contributed by atoms with van der Waals surface area (Å²) in [5.74, 6) is 1.43. The second-order valence-electron chi connectivity index (χ2n) is 7.82. The molecule has 0 saturated carbocycles. The van der Waals surface area contributed by atoms with Crippen LogP contribution in [0.25, 0.3) is 39.5 Å². The lowest BCUT2D eigenvalue weighted by atomic mass is 10.0. The fourth-order valence-corrected chi connectivity index (χ4v) is 4.51. The SMILES string of the molecule is c1ccc(-c2ncn3c2-c2cc4c(cc2-n2nnc(-c5ccccc5)c2C3)OCO4)cc1. The van der Waals surface area contributed by atoms with Crippen LogP contribution in [0.1, 0.15) is 5.69 Å². The highest BCUT2D eigenvalue weighted by Gasteiger charge is 2.30. The Bertz CT molecular complexity index is 1470. The van der Waals surface area contributed by atoms with Crippen LogP contribution < -0.4 is 9.47 Å². The molecule has 0 N–H and O–H groups in total. The molecule has 0 bridgehead atoms. The number of benzene rings is 3. The minimum Gasteiger partial charge on any atom is -0.454 e. The number of hydrogen-bond acceptors (Lipinski definition) is 5. The lowest BCUT2D eigenvalue weighted by Crippen LogP contribution is -2.04. The zero-order chi connectivity index (χ0) is 21.1. The van der Waals surface area contributed by atoms with Gasteiger partial charge < -0.3 is 14.0 Å². The van der Waals surface area contributed by atoms with Gasteiger partial charge in [-0.25, -0.2) is 9.67 Å². The normalized spacial score (nSPS) is 13.2. The van der Waals surface area contributed by atoms with Crippen LogP contribution in [-0.2, 0) is 6.54 Å². The van der Waals surface area contributed by atoms with Crippen molar-refractivity contribution in [2.45, 2.75) is 6.54 Å². The van der Waals surface area contributed by atoms with Gasteiger partial charge in [-0.15, -0.1) is 5.10 Å². The summed E-state index contributed by atoms with van der Waals surface area (Å²) in [5.41, 5.74) is 7.77. The van der Waals surface area contributed by atoms with Crippen molar-refractivity contribution in [2.75, 3.05) is 6.79 Å². The molecule has 7 rings (SSSR count). The maximum atomic E-state index is 5.71. The van der Waals surface area contributed by atoms with Gasteiger partial charge in [-0.1, -0.05) is 65.9 Å². The molecule has 0 aliphatic carbocycles. The number of imidazole rings is 1. The molecule has 0 saturated heterocycles. The molecule has 32 heavy (non-hydrogen) atoms. The van der Waals surface area contributed by atoms with Gasteiger partial charge in [-0.05, 0) is 6.07 Å². The highest BCUT2D eigenvalue weighted by atomic mass is 16.7. The highest BCUT2D eigenvalue weighted by molar-refractivity contribution is 5.86. The number of aromatic nitrogens is 5. The molecule has 0 fully saturated rings. The third-order valence-electron chi connectivity index (χ3n) is 5.99. The third-order valence-corrected chi connectivity index (χ3v) is 5.99. The van der Waals surface area contributed by atoms with E-state index in [2.05, 4.69) is 39.1 Å². The number of nitrogens with zero attached hydrogens (tertiary/aromatic N) is 5. The fourth-order valence-electron chi connectivity index (χ4n) is 4.51. The number of hydrogen-bond donors (Lipinski definition) is 0. The van der Waals surface area contributed by atoms with E-state index >= 15 is 0 Å². The first-order valence-electron chi connectivity index (χ1n) is 10.4. The smallest absolute Gasteiger partial charge is 0.231 e. The van der Waals surface area contributed by atoms with Crippen LogP contribution in [-0.4, -0.2) is 31.3 Å². The Morgan fingerprint density at radius 3 is 2.22 bits per heavy atom. The van der Waals surface area contributed by atoms with Crippen molar-refractivity contribution >= 4 is 0 Å². The minimum absolute atomic E-state index is 0.211. The van der Waals surface area contributed by atoms with E-state index in [0.717, 1.165) is 50.9 Å². The van der Waals surface area contributed by atoms with Crippen LogP contribution in [0, 0.1) is 0 Å².